The molecule has 179 valence electrons. The van der Waals surface area contributed by atoms with Crippen molar-refractivity contribution >= 4 is 31.1 Å². The molecule has 0 aliphatic heterocycles. The summed E-state index contributed by atoms with van der Waals surface area (Å²) in [6, 6.07) is 13.3. The minimum absolute atomic E-state index is 0.368. The molecule has 0 amide bonds. The van der Waals surface area contributed by atoms with E-state index in [4.69, 9.17) is 30.3 Å². The van der Waals surface area contributed by atoms with E-state index in [1.54, 1.807) is 0 Å². The molecular weight excluding hydrogens is 474 g/mol. The summed E-state index contributed by atoms with van der Waals surface area (Å²) in [5.41, 5.74) is 7.87. The summed E-state index contributed by atoms with van der Waals surface area (Å²) >= 11 is -0.368. The van der Waals surface area contributed by atoms with Crippen molar-refractivity contribution in [2.45, 2.75) is 85.5 Å². The minimum atomic E-state index is -0.368. The molecule has 2 nitrogen and oxygen atoms in total. The van der Waals surface area contributed by atoms with Gasteiger partial charge in [-0.05, 0) is 23.7 Å². The zero-order valence-electron chi connectivity index (χ0n) is 21.0. The van der Waals surface area contributed by atoms with Crippen molar-refractivity contribution in [2.75, 3.05) is 13.1 Å². The van der Waals surface area contributed by atoms with Gasteiger partial charge in [0.15, 0.2) is 0 Å². The van der Waals surface area contributed by atoms with E-state index < -0.39 is 0 Å². The Balaban J connectivity index is 0.00000161. The molecule has 0 fully saturated rings. The zero-order chi connectivity index (χ0) is 24.3. The number of hydrogen-bond donors (Lipinski definition) is 0. The van der Waals surface area contributed by atoms with Gasteiger partial charge >= 0.3 is 34.1 Å². The molecule has 2 aromatic rings. The van der Waals surface area contributed by atoms with E-state index in [0.29, 0.717) is 23.7 Å². The Bertz CT molecular complexity index is 686. The molecule has 2 rings (SSSR count). The summed E-state index contributed by atoms with van der Waals surface area (Å²) in [6.07, 6.45) is 0.980. The second kappa shape index (κ2) is 15.2. The van der Waals surface area contributed by atoms with Crippen LogP contribution in [0, 0.1) is 0 Å². The number of para-hydroxylation sites is 2. The fraction of sp³-hybridized carbons (Fsp3) is 0.556. The molecule has 5 heteroatoms. The molecule has 0 saturated carbocycles. The quantitative estimate of drug-likeness (QED) is 0.282. The van der Waals surface area contributed by atoms with Gasteiger partial charge in [0, 0.05) is 0 Å². The third-order valence-electron chi connectivity index (χ3n) is 5.54. The van der Waals surface area contributed by atoms with Crippen LogP contribution in [0.1, 0.15) is 108 Å². The molecule has 0 saturated heterocycles. The maximum absolute atomic E-state index is 5.03. The summed E-state index contributed by atoms with van der Waals surface area (Å²) in [5.74, 6) is 1.96. The van der Waals surface area contributed by atoms with E-state index in [0.717, 1.165) is 19.5 Å². The summed E-state index contributed by atoms with van der Waals surface area (Å²) in [6.45, 7) is 19.7. The van der Waals surface area contributed by atoms with Crippen molar-refractivity contribution < 1.29 is 14.4 Å². The van der Waals surface area contributed by atoms with Gasteiger partial charge in [0.25, 0.3) is 0 Å². The van der Waals surface area contributed by atoms with Crippen LogP contribution in [0.2, 0.25) is 0 Å². The SMILES string of the molecule is CC(C)c1cccc(C(C)C)c1[N-]CCC[N-]c1c(C(C)C)cccc1C(C)C.[Cl][V][Cl]. The first-order valence-electron chi connectivity index (χ1n) is 11.7. The molecule has 0 radical (unpaired) electrons. The summed E-state index contributed by atoms with van der Waals surface area (Å²) < 4.78 is 0. The monoisotopic (exact) mass is 513 g/mol. The Morgan fingerprint density at radius 2 is 0.844 bits per heavy atom. The normalized spacial score (nSPS) is 11.1. The standard InChI is InChI=1S/C27H40N2.2ClH.V/c1-18(2)22-12-9-13-23(19(3)4)26(22)28-16-11-17-29-27-24(20(5)6)14-10-15-25(27)21(7)8;;;/h9-10,12-15,18-21H,11,16-17H2,1-8H3;2*1H;/q-2;;;+2/p-2. The van der Waals surface area contributed by atoms with Crippen LogP contribution >= 0.6 is 19.7 Å². The van der Waals surface area contributed by atoms with Crippen LogP contribution < -0.4 is 0 Å². The predicted octanol–water partition coefficient (Wildman–Crippen LogP) is 10.7. The van der Waals surface area contributed by atoms with Gasteiger partial charge in [-0.25, -0.2) is 0 Å². The van der Waals surface area contributed by atoms with E-state index in [1.807, 2.05) is 0 Å². The van der Waals surface area contributed by atoms with E-state index in [2.05, 4.69) is 91.8 Å². The fourth-order valence-electron chi connectivity index (χ4n) is 3.84. The fourth-order valence-corrected chi connectivity index (χ4v) is 3.84. The molecule has 32 heavy (non-hydrogen) atoms. The summed E-state index contributed by atoms with van der Waals surface area (Å²) in [5, 5.41) is 10.1. The molecule has 2 aromatic carbocycles. The Labute approximate surface area is 212 Å². The predicted molar refractivity (Wildman–Crippen MR) is 141 cm³/mol. The molecule has 0 bridgehead atoms. The number of nitrogens with zero attached hydrogens (tertiary/aromatic N) is 2. The second-order valence-corrected chi connectivity index (χ2v) is 11.7. The van der Waals surface area contributed by atoms with Gasteiger partial charge in [0.1, 0.15) is 0 Å². The van der Waals surface area contributed by atoms with E-state index in [1.165, 1.54) is 33.6 Å². The van der Waals surface area contributed by atoms with Gasteiger partial charge in [-0.3, -0.25) is 0 Å². The van der Waals surface area contributed by atoms with Gasteiger partial charge in [0.05, 0.1) is 0 Å². The molecule has 0 aliphatic carbocycles. The van der Waals surface area contributed by atoms with E-state index in [-0.39, 0.29) is 14.4 Å². The number of halogens is 2. The Hall–Kier alpha value is -0.796. The van der Waals surface area contributed by atoms with Gasteiger partial charge in [-0.2, -0.15) is 0 Å². The molecule has 0 aromatic heterocycles. The molecule has 0 unspecified atom stereocenters. The number of hydrogen-bond acceptors (Lipinski definition) is 0. The topological polar surface area (TPSA) is 28.2 Å². The van der Waals surface area contributed by atoms with Crippen LogP contribution in [0.4, 0.5) is 11.4 Å². The second-order valence-electron chi connectivity index (χ2n) is 9.37. The molecule has 0 heterocycles. The third kappa shape index (κ3) is 8.86. The summed E-state index contributed by atoms with van der Waals surface area (Å²) in [7, 11) is 9.72. The van der Waals surface area contributed by atoms with Crippen LogP contribution in [0.15, 0.2) is 36.4 Å². The van der Waals surface area contributed by atoms with Crippen LogP contribution in [-0.4, -0.2) is 13.1 Å². The van der Waals surface area contributed by atoms with Crippen molar-refractivity contribution in [1.82, 2.24) is 0 Å². The molecule has 0 aliphatic rings. The third-order valence-corrected chi connectivity index (χ3v) is 5.54. The first-order valence-corrected chi connectivity index (χ1v) is 15.5. The van der Waals surface area contributed by atoms with Crippen LogP contribution in [0.5, 0.6) is 0 Å². The van der Waals surface area contributed by atoms with Gasteiger partial charge in [-0.15, -0.1) is 24.5 Å². The Morgan fingerprint density at radius 3 is 1.06 bits per heavy atom. The van der Waals surface area contributed by atoms with Crippen LogP contribution in [-0.2, 0) is 14.4 Å². The molecule has 0 N–H and O–H groups in total. The van der Waals surface area contributed by atoms with Crippen LogP contribution in [0.3, 0.4) is 0 Å². The van der Waals surface area contributed by atoms with E-state index in [9.17, 15) is 0 Å². The van der Waals surface area contributed by atoms with Gasteiger partial charge < -0.3 is 10.6 Å². The average molecular weight is 514 g/mol. The average Bonchev–Trinajstić information content (AvgIpc) is 2.73. The summed E-state index contributed by atoms with van der Waals surface area (Å²) in [4.78, 5) is 0. The maximum atomic E-state index is 5.03. The van der Waals surface area contributed by atoms with E-state index >= 15 is 0 Å². The Kier molecular flexibility index (Phi) is 13.9. The zero-order valence-corrected chi connectivity index (χ0v) is 23.9. The number of benzene rings is 2. The van der Waals surface area contributed by atoms with Crippen molar-refractivity contribution in [3.05, 3.63) is 69.3 Å². The van der Waals surface area contributed by atoms with Gasteiger partial charge in [-0.1, -0.05) is 120 Å². The molecule has 0 atom stereocenters. The van der Waals surface area contributed by atoms with Crippen molar-refractivity contribution in [1.29, 1.82) is 0 Å². The molecule has 0 spiro atoms. The van der Waals surface area contributed by atoms with Crippen molar-refractivity contribution in [2.24, 2.45) is 0 Å². The van der Waals surface area contributed by atoms with Crippen molar-refractivity contribution in [3.63, 3.8) is 0 Å². The Morgan fingerprint density at radius 1 is 0.594 bits per heavy atom. The number of rotatable bonds is 10. The molecular formula is C27H40Cl2N2V-2. The van der Waals surface area contributed by atoms with Crippen LogP contribution in [0.25, 0.3) is 10.6 Å². The van der Waals surface area contributed by atoms with Gasteiger partial charge in [0.2, 0.25) is 0 Å². The van der Waals surface area contributed by atoms with Crippen molar-refractivity contribution in [3.8, 4) is 0 Å². The first-order chi connectivity index (χ1) is 15.1. The first kappa shape index (κ1) is 29.2.